The number of unbranched alkanes of at least 4 members (excludes halogenated alkanes) is 1. The van der Waals surface area contributed by atoms with Crippen molar-refractivity contribution in [3.8, 4) is 11.4 Å². The topological polar surface area (TPSA) is 84.2 Å². The predicted molar refractivity (Wildman–Crippen MR) is 117 cm³/mol. The van der Waals surface area contributed by atoms with Crippen LogP contribution in [0.1, 0.15) is 55.9 Å². The zero-order chi connectivity index (χ0) is 21.5. The van der Waals surface area contributed by atoms with Crippen LogP contribution in [0.2, 0.25) is 0 Å². The molecule has 0 radical (unpaired) electrons. The first-order chi connectivity index (χ1) is 14.5. The summed E-state index contributed by atoms with van der Waals surface area (Å²) in [6.45, 7) is 7.18. The molecule has 7 heteroatoms. The minimum absolute atomic E-state index is 0.0793. The van der Waals surface area contributed by atoms with Gasteiger partial charge in [-0.15, -0.1) is 0 Å². The van der Waals surface area contributed by atoms with Crippen LogP contribution in [0.4, 0.5) is 5.69 Å². The standard InChI is InChI=1S/C23H29N5O2/c1-5-6-14-28(4)19-11-9-17(10-12-19)22(29)25-20(16(2)3)23-26-21(27-30-23)18-8-7-13-24-15-18/h7-13,15-16,20H,5-6,14H2,1-4H3,(H,25,29). The number of carbonyl (C=O) groups excluding carboxylic acids is 1. The molecule has 7 nitrogen and oxygen atoms in total. The third-order valence-corrected chi connectivity index (χ3v) is 5.00. The van der Waals surface area contributed by atoms with Gasteiger partial charge in [-0.05, 0) is 48.7 Å². The van der Waals surface area contributed by atoms with E-state index < -0.39 is 0 Å². The van der Waals surface area contributed by atoms with E-state index in [1.165, 1.54) is 0 Å². The second kappa shape index (κ2) is 10.0. The molecule has 30 heavy (non-hydrogen) atoms. The van der Waals surface area contributed by atoms with Gasteiger partial charge in [0.25, 0.3) is 5.91 Å². The van der Waals surface area contributed by atoms with Crippen molar-refractivity contribution >= 4 is 11.6 Å². The van der Waals surface area contributed by atoms with Crippen molar-refractivity contribution in [3.63, 3.8) is 0 Å². The highest BCUT2D eigenvalue weighted by atomic mass is 16.5. The lowest BCUT2D eigenvalue weighted by molar-refractivity contribution is 0.0914. The fourth-order valence-corrected chi connectivity index (χ4v) is 3.10. The Hall–Kier alpha value is -3.22. The lowest BCUT2D eigenvalue weighted by Gasteiger charge is -2.20. The smallest absolute Gasteiger partial charge is 0.251 e. The van der Waals surface area contributed by atoms with Crippen molar-refractivity contribution in [1.82, 2.24) is 20.4 Å². The van der Waals surface area contributed by atoms with E-state index in [-0.39, 0.29) is 17.9 Å². The van der Waals surface area contributed by atoms with Crippen LogP contribution in [0.15, 0.2) is 53.3 Å². The summed E-state index contributed by atoms with van der Waals surface area (Å²) in [4.78, 5) is 23.6. The molecule has 1 amide bonds. The molecule has 0 saturated carbocycles. The molecular weight excluding hydrogens is 378 g/mol. The Labute approximate surface area is 177 Å². The van der Waals surface area contributed by atoms with Crippen LogP contribution >= 0.6 is 0 Å². The van der Waals surface area contributed by atoms with Gasteiger partial charge in [0.15, 0.2) is 0 Å². The fraction of sp³-hybridized carbons (Fsp3) is 0.391. The first-order valence-electron chi connectivity index (χ1n) is 10.4. The van der Waals surface area contributed by atoms with Crippen molar-refractivity contribution in [2.45, 2.75) is 39.7 Å². The number of aromatic nitrogens is 3. The normalized spacial score (nSPS) is 12.0. The van der Waals surface area contributed by atoms with Gasteiger partial charge < -0.3 is 14.7 Å². The average molecular weight is 408 g/mol. The Morgan fingerprint density at radius 2 is 1.97 bits per heavy atom. The van der Waals surface area contributed by atoms with Gasteiger partial charge in [0, 0.05) is 42.8 Å². The van der Waals surface area contributed by atoms with Crippen LogP contribution in [-0.2, 0) is 0 Å². The monoisotopic (exact) mass is 407 g/mol. The van der Waals surface area contributed by atoms with Crippen LogP contribution in [0, 0.1) is 5.92 Å². The zero-order valence-corrected chi connectivity index (χ0v) is 18.0. The van der Waals surface area contributed by atoms with Crippen LogP contribution in [-0.4, -0.2) is 34.6 Å². The summed E-state index contributed by atoms with van der Waals surface area (Å²) in [5.74, 6) is 0.749. The van der Waals surface area contributed by atoms with Crippen LogP contribution in [0.3, 0.4) is 0 Å². The third-order valence-electron chi connectivity index (χ3n) is 5.00. The summed E-state index contributed by atoms with van der Waals surface area (Å²) < 4.78 is 5.46. The van der Waals surface area contributed by atoms with E-state index >= 15 is 0 Å². The van der Waals surface area contributed by atoms with Gasteiger partial charge in [-0.3, -0.25) is 9.78 Å². The van der Waals surface area contributed by atoms with E-state index in [1.807, 2.05) is 50.2 Å². The highest BCUT2D eigenvalue weighted by Crippen LogP contribution is 2.24. The van der Waals surface area contributed by atoms with E-state index in [1.54, 1.807) is 12.4 Å². The SMILES string of the molecule is CCCCN(C)c1ccc(C(=O)NC(c2nc(-c3cccnc3)no2)C(C)C)cc1. The largest absolute Gasteiger partial charge is 0.375 e. The van der Waals surface area contributed by atoms with E-state index in [9.17, 15) is 4.79 Å². The molecule has 0 bridgehead atoms. The molecule has 1 N–H and O–H groups in total. The van der Waals surface area contributed by atoms with Gasteiger partial charge in [0.05, 0.1) is 0 Å². The highest BCUT2D eigenvalue weighted by molar-refractivity contribution is 5.94. The van der Waals surface area contributed by atoms with Crippen LogP contribution < -0.4 is 10.2 Å². The number of hydrogen-bond acceptors (Lipinski definition) is 6. The molecule has 1 atom stereocenters. The number of anilines is 1. The second-order valence-corrected chi connectivity index (χ2v) is 7.72. The molecule has 2 heterocycles. The summed E-state index contributed by atoms with van der Waals surface area (Å²) >= 11 is 0. The minimum Gasteiger partial charge on any atom is -0.375 e. The number of carbonyl (C=O) groups is 1. The average Bonchev–Trinajstić information content (AvgIpc) is 3.26. The van der Waals surface area contributed by atoms with Crippen molar-refractivity contribution in [2.24, 2.45) is 5.92 Å². The molecule has 0 aliphatic rings. The number of rotatable bonds is 9. The Bertz CT molecular complexity index is 938. The van der Waals surface area contributed by atoms with Gasteiger partial charge in [-0.2, -0.15) is 4.98 Å². The predicted octanol–water partition coefficient (Wildman–Crippen LogP) is 4.50. The molecule has 158 valence electrons. The lowest BCUT2D eigenvalue weighted by Crippen LogP contribution is -2.32. The van der Waals surface area contributed by atoms with Crippen LogP contribution in [0.25, 0.3) is 11.4 Å². The second-order valence-electron chi connectivity index (χ2n) is 7.72. The minimum atomic E-state index is -0.387. The van der Waals surface area contributed by atoms with Gasteiger partial charge in [0.1, 0.15) is 6.04 Å². The fourth-order valence-electron chi connectivity index (χ4n) is 3.10. The molecule has 2 aromatic heterocycles. The van der Waals surface area contributed by atoms with Gasteiger partial charge in [-0.25, -0.2) is 0 Å². The van der Waals surface area contributed by atoms with Crippen molar-refractivity contribution in [1.29, 1.82) is 0 Å². The van der Waals surface area contributed by atoms with Crippen molar-refractivity contribution < 1.29 is 9.32 Å². The Morgan fingerprint density at radius 1 is 1.20 bits per heavy atom. The summed E-state index contributed by atoms with van der Waals surface area (Å²) in [5.41, 5.74) is 2.46. The number of hydrogen-bond donors (Lipinski definition) is 1. The van der Waals surface area contributed by atoms with Gasteiger partial charge in [0.2, 0.25) is 11.7 Å². The Kier molecular flexibility index (Phi) is 7.17. The quantitative estimate of drug-likeness (QED) is 0.562. The Balaban J connectivity index is 1.71. The maximum Gasteiger partial charge on any atom is 0.251 e. The van der Waals surface area contributed by atoms with E-state index in [4.69, 9.17) is 4.52 Å². The molecule has 3 aromatic rings. The first kappa shape index (κ1) is 21.5. The number of benzene rings is 1. The van der Waals surface area contributed by atoms with Crippen molar-refractivity contribution in [2.75, 3.05) is 18.5 Å². The molecule has 0 saturated heterocycles. The van der Waals surface area contributed by atoms with Crippen LogP contribution in [0.5, 0.6) is 0 Å². The number of nitrogens with zero attached hydrogens (tertiary/aromatic N) is 4. The first-order valence-corrected chi connectivity index (χ1v) is 10.4. The molecule has 0 spiro atoms. The summed E-state index contributed by atoms with van der Waals surface area (Å²) in [5, 5.41) is 7.07. The number of amides is 1. The molecule has 1 unspecified atom stereocenters. The maximum atomic E-state index is 12.8. The summed E-state index contributed by atoms with van der Waals surface area (Å²) in [6.07, 6.45) is 5.66. The molecule has 0 aliphatic carbocycles. The summed E-state index contributed by atoms with van der Waals surface area (Å²) in [6, 6.07) is 10.9. The lowest BCUT2D eigenvalue weighted by atomic mass is 10.0. The molecule has 1 aromatic carbocycles. The maximum absolute atomic E-state index is 12.8. The zero-order valence-electron chi connectivity index (χ0n) is 18.0. The summed E-state index contributed by atoms with van der Waals surface area (Å²) in [7, 11) is 2.06. The van der Waals surface area contributed by atoms with Gasteiger partial charge >= 0.3 is 0 Å². The number of pyridine rings is 1. The molecule has 0 aliphatic heterocycles. The molecule has 0 fully saturated rings. The number of nitrogens with one attached hydrogen (secondary N) is 1. The molecular formula is C23H29N5O2. The molecule has 3 rings (SSSR count). The third kappa shape index (κ3) is 5.23. The van der Waals surface area contributed by atoms with E-state index in [0.717, 1.165) is 30.6 Å². The van der Waals surface area contributed by atoms with E-state index in [0.29, 0.717) is 17.3 Å². The van der Waals surface area contributed by atoms with Crippen molar-refractivity contribution in [3.05, 3.63) is 60.2 Å². The highest BCUT2D eigenvalue weighted by Gasteiger charge is 2.25. The van der Waals surface area contributed by atoms with E-state index in [2.05, 4.69) is 39.3 Å². The Morgan fingerprint density at radius 3 is 2.60 bits per heavy atom. The van der Waals surface area contributed by atoms with Gasteiger partial charge in [-0.1, -0.05) is 32.3 Å².